The van der Waals surface area contributed by atoms with Crippen molar-refractivity contribution < 1.29 is 19.1 Å². The number of hydrogen-bond donors (Lipinski definition) is 2. The maximum atomic E-state index is 13.3. The Morgan fingerprint density at radius 2 is 1.85 bits per heavy atom. The average molecular weight is 464 g/mol. The van der Waals surface area contributed by atoms with Gasteiger partial charge < -0.3 is 20.3 Å². The second-order valence-electron chi connectivity index (χ2n) is 9.15. The van der Waals surface area contributed by atoms with Crippen LogP contribution in [0.3, 0.4) is 0 Å². The Kier molecular flexibility index (Phi) is 7.50. The number of carbonyl (C=O) groups excluding carboxylic acids is 3. The number of benzene rings is 2. The second-order valence-corrected chi connectivity index (χ2v) is 9.15. The zero-order valence-electron chi connectivity index (χ0n) is 19.9. The quantitative estimate of drug-likeness (QED) is 0.557. The predicted octanol–water partition coefficient (Wildman–Crippen LogP) is 4.05. The summed E-state index contributed by atoms with van der Waals surface area (Å²) in [5.74, 6) is 0.340. The molecule has 1 saturated heterocycles. The van der Waals surface area contributed by atoms with Crippen molar-refractivity contribution in [3.05, 3.63) is 59.7 Å². The van der Waals surface area contributed by atoms with E-state index in [9.17, 15) is 14.4 Å². The highest BCUT2D eigenvalue weighted by molar-refractivity contribution is 5.94. The highest BCUT2D eigenvalue weighted by atomic mass is 16.5. The summed E-state index contributed by atoms with van der Waals surface area (Å²) in [6, 6.07) is 14.8. The molecule has 2 atom stereocenters. The number of amides is 3. The molecule has 3 amide bonds. The lowest BCUT2D eigenvalue weighted by molar-refractivity contribution is -0.129. The van der Waals surface area contributed by atoms with E-state index in [1.54, 1.807) is 7.11 Å². The number of unbranched alkanes of at least 4 members (excludes halogenated alkanes) is 1. The lowest BCUT2D eigenvalue weighted by atomic mass is 9.92. The summed E-state index contributed by atoms with van der Waals surface area (Å²) >= 11 is 0. The number of methoxy groups -OCH3 is 1. The Morgan fingerprint density at radius 3 is 2.53 bits per heavy atom. The minimum Gasteiger partial charge on any atom is -0.497 e. The van der Waals surface area contributed by atoms with Crippen LogP contribution in [0.2, 0.25) is 0 Å². The third-order valence-corrected chi connectivity index (χ3v) is 6.59. The average Bonchev–Trinajstić information content (AvgIpc) is 3.65. The fourth-order valence-electron chi connectivity index (χ4n) is 4.50. The lowest BCUT2D eigenvalue weighted by Crippen LogP contribution is -2.35. The molecule has 2 aromatic rings. The zero-order valence-corrected chi connectivity index (χ0v) is 19.9. The van der Waals surface area contributed by atoms with Gasteiger partial charge in [-0.15, -0.1) is 0 Å². The van der Waals surface area contributed by atoms with Gasteiger partial charge in [0.15, 0.2) is 0 Å². The summed E-state index contributed by atoms with van der Waals surface area (Å²) in [6.07, 6.45) is 3.97. The van der Waals surface area contributed by atoms with Gasteiger partial charge in [0.05, 0.1) is 19.1 Å². The standard InChI is InChI=1S/C27H33N3O4/c1-3-4-14-30-24(31)16-23(25(30)19-10-12-22(34-2)13-11-19)27(33)28-17-18-6-5-7-21(15-18)29-26(32)20-8-9-20/h5-7,10-13,15,20,23,25H,3-4,8-9,14,16-17H2,1-2H3,(H,28,33)(H,29,32). The molecule has 2 aromatic carbocycles. The first-order valence-electron chi connectivity index (χ1n) is 12.1. The van der Waals surface area contributed by atoms with E-state index in [1.807, 2.05) is 53.4 Å². The second kappa shape index (κ2) is 10.7. The number of ether oxygens (including phenoxy) is 1. The van der Waals surface area contributed by atoms with Crippen LogP contribution in [0, 0.1) is 11.8 Å². The van der Waals surface area contributed by atoms with Gasteiger partial charge in [0.2, 0.25) is 17.7 Å². The molecule has 34 heavy (non-hydrogen) atoms. The number of nitrogens with one attached hydrogen (secondary N) is 2. The summed E-state index contributed by atoms with van der Waals surface area (Å²) in [5.41, 5.74) is 2.57. The molecule has 1 aliphatic carbocycles. The Bertz CT molecular complexity index is 1030. The molecular weight excluding hydrogens is 430 g/mol. The first kappa shape index (κ1) is 23.8. The van der Waals surface area contributed by atoms with Crippen LogP contribution in [0.5, 0.6) is 5.75 Å². The molecule has 2 fully saturated rings. The van der Waals surface area contributed by atoms with Gasteiger partial charge in [-0.3, -0.25) is 14.4 Å². The van der Waals surface area contributed by atoms with E-state index in [1.165, 1.54) is 0 Å². The van der Waals surface area contributed by atoms with Gasteiger partial charge in [0, 0.05) is 31.1 Å². The highest BCUT2D eigenvalue weighted by Crippen LogP contribution is 2.39. The van der Waals surface area contributed by atoms with Crippen molar-refractivity contribution in [3.63, 3.8) is 0 Å². The molecule has 0 bridgehead atoms. The topological polar surface area (TPSA) is 87.7 Å². The van der Waals surface area contributed by atoms with Crippen LogP contribution in [-0.4, -0.2) is 36.3 Å². The molecule has 1 saturated carbocycles. The van der Waals surface area contributed by atoms with E-state index in [0.717, 1.165) is 48.2 Å². The number of likely N-dealkylation sites (tertiary alicyclic amines) is 1. The van der Waals surface area contributed by atoms with E-state index in [4.69, 9.17) is 4.74 Å². The molecule has 180 valence electrons. The van der Waals surface area contributed by atoms with Crippen molar-refractivity contribution in [3.8, 4) is 5.75 Å². The van der Waals surface area contributed by atoms with Crippen LogP contribution in [0.15, 0.2) is 48.5 Å². The Morgan fingerprint density at radius 1 is 1.09 bits per heavy atom. The van der Waals surface area contributed by atoms with Gasteiger partial charge in [-0.1, -0.05) is 37.6 Å². The zero-order chi connectivity index (χ0) is 24.1. The van der Waals surface area contributed by atoms with Crippen LogP contribution >= 0.6 is 0 Å². The van der Waals surface area contributed by atoms with Gasteiger partial charge in [-0.25, -0.2) is 0 Å². The van der Waals surface area contributed by atoms with Crippen molar-refractivity contribution in [2.75, 3.05) is 19.0 Å². The first-order valence-corrected chi connectivity index (χ1v) is 12.1. The number of nitrogens with zero attached hydrogens (tertiary/aromatic N) is 1. The third-order valence-electron chi connectivity index (χ3n) is 6.59. The van der Waals surface area contributed by atoms with Gasteiger partial charge in [0.25, 0.3) is 0 Å². The van der Waals surface area contributed by atoms with Crippen molar-refractivity contribution in [1.29, 1.82) is 0 Å². The normalized spacial score (nSPS) is 19.7. The predicted molar refractivity (Wildman–Crippen MR) is 130 cm³/mol. The molecular formula is C27H33N3O4. The van der Waals surface area contributed by atoms with Gasteiger partial charge >= 0.3 is 0 Å². The number of anilines is 1. The van der Waals surface area contributed by atoms with Crippen molar-refractivity contribution in [2.45, 2.75) is 51.6 Å². The van der Waals surface area contributed by atoms with E-state index in [0.29, 0.717) is 13.1 Å². The third kappa shape index (κ3) is 5.58. The Balaban J connectivity index is 1.45. The summed E-state index contributed by atoms with van der Waals surface area (Å²) in [5, 5.41) is 5.96. The monoisotopic (exact) mass is 463 g/mol. The Hall–Kier alpha value is -3.35. The molecule has 1 heterocycles. The van der Waals surface area contributed by atoms with Crippen molar-refractivity contribution in [1.82, 2.24) is 10.2 Å². The van der Waals surface area contributed by atoms with Gasteiger partial charge in [-0.2, -0.15) is 0 Å². The lowest BCUT2D eigenvalue weighted by Gasteiger charge is -2.28. The molecule has 0 aromatic heterocycles. The van der Waals surface area contributed by atoms with Crippen LogP contribution < -0.4 is 15.4 Å². The van der Waals surface area contributed by atoms with E-state index >= 15 is 0 Å². The van der Waals surface area contributed by atoms with E-state index in [2.05, 4.69) is 17.6 Å². The van der Waals surface area contributed by atoms with Crippen molar-refractivity contribution in [2.24, 2.45) is 11.8 Å². The maximum absolute atomic E-state index is 13.3. The largest absolute Gasteiger partial charge is 0.497 e. The molecule has 7 heteroatoms. The molecule has 4 rings (SSSR count). The molecule has 2 aliphatic rings. The summed E-state index contributed by atoms with van der Waals surface area (Å²) in [4.78, 5) is 40.0. The SMILES string of the molecule is CCCCN1C(=O)CC(C(=O)NCc2cccc(NC(=O)C3CC3)c2)C1c1ccc(OC)cc1. The first-order chi connectivity index (χ1) is 16.5. The number of hydrogen-bond acceptors (Lipinski definition) is 4. The summed E-state index contributed by atoms with van der Waals surface area (Å²) < 4.78 is 5.27. The fraction of sp³-hybridized carbons (Fsp3) is 0.444. The van der Waals surface area contributed by atoms with E-state index in [-0.39, 0.29) is 36.1 Å². The molecule has 0 radical (unpaired) electrons. The van der Waals surface area contributed by atoms with Gasteiger partial charge in [0.1, 0.15) is 5.75 Å². The van der Waals surface area contributed by atoms with Crippen LogP contribution in [0.25, 0.3) is 0 Å². The molecule has 2 unspecified atom stereocenters. The van der Waals surface area contributed by atoms with Crippen molar-refractivity contribution >= 4 is 23.4 Å². The van der Waals surface area contributed by atoms with Crippen LogP contribution in [-0.2, 0) is 20.9 Å². The van der Waals surface area contributed by atoms with Gasteiger partial charge in [-0.05, 0) is 54.7 Å². The van der Waals surface area contributed by atoms with E-state index < -0.39 is 5.92 Å². The van der Waals surface area contributed by atoms with Crippen LogP contribution in [0.4, 0.5) is 5.69 Å². The van der Waals surface area contributed by atoms with Crippen LogP contribution in [0.1, 0.15) is 56.2 Å². The summed E-state index contributed by atoms with van der Waals surface area (Å²) in [6.45, 7) is 3.06. The molecule has 0 spiro atoms. The number of rotatable bonds is 10. The highest BCUT2D eigenvalue weighted by Gasteiger charge is 2.44. The maximum Gasteiger partial charge on any atom is 0.227 e. The minimum absolute atomic E-state index is 0.0132. The molecule has 2 N–H and O–H groups in total. The fourth-order valence-corrected chi connectivity index (χ4v) is 4.50. The Labute approximate surface area is 200 Å². The number of carbonyl (C=O) groups is 3. The smallest absolute Gasteiger partial charge is 0.227 e. The molecule has 7 nitrogen and oxygen atoms in total. The minimum atomic E-state index is -0.462. The molecule has 1 aliphatic heterocycles. The summed E-state index contributed by atoms with van der Waals surface area (Å²) in [7, 11) is 1.62.